The number of ketones is 1. The SMILES string of the molecule is CCc1c(C#N)c(N)[nH+]c2sc(C(=O)c3cc(C)c(C)cc3C)c(N)c12. The van der Waals surface area contributed by atoms with Crippen LogP contribution in [0.5, 0.6) is 0 Å². The van der Waals surface area contributed by atoms with Crippen LogP contribution in [0.15, 0.2) is 12.1 Å². The van der Waals surface area contributed by atoms with Crippen LogP contribution >= 0.6 is 11.3 Å². The molecule has 3 aromatic rings. The Labute approximate surface area is 156 Å². The lowest BCUT2D eigenvalue weighted by atomic mass is 9.96. The topological polar surface area (TPSA) is 107 Å². The summed E-state index contributed by atoms with van der Waals surface area (Å²) in [4.78, 5) is 17.4. The number of nitrogen functional groups attached to an aromatic ring is 2. The van der Waals surface area contributed by atoms with E-state index in [2.05, 4.69) is 11.1 Å². The third kappa shape index (κ3) is 2.61. The van der Waals surface area contributed by atoms with Gasteiger partial charge >= 0.3 is 0 Å². The van der Waals surface area contributed by atoms with Gasteiger partial charge in [-0.05, 0) is 55.5 Å². The number of H-pyrrole nitrogens is 1. The molecular weight excluding hydrogens is 344 g/mol. The van der Waals surface area contributed by atoms with E-state index in [0.717, 1.165) is 32.5 Å². The molecule has 0 saturated carbocycles. The van der Waals surface area contributed by atoms with Crippen LogP contribution in [0, 0.1) is 32.1 Å². The van der Waals surface area contributed by atoms with Crippen LogP contribution in [0.3, 0.4) is 0 Å². The fourth-order valence-corrected chi connectivity index (χ4v) is 4.40. The number of carbonyl (C=O) groups is 1. The standard InChI is InChI=1S/C20H20N4OS/c1-5-12-14(8-21)19(23)24-20-15(12)16(22)18(26-20)17(25)13-7-10(3)9(2)6-11(13)4/h6-7H,5,22H2,1-4H3,(H2,23,24)/p+1. The highest BCUT2D eigenvalue weighted by molar-refractivity contribution is 7.21. The maximum Gasteiger partial charge on any atom is 0.289 e. The Morgan fingerprint density at radius 1 is 1.19 bits per heavy atom. The second-order valence-corrected chi connectivity index (χ2v) is 7.51. The lowest BCUT2D eigenvalue weighted by molar-refractivity contribution is -0.323. The highest BCUT2D eigenvalue weighted by atomic mass is 32.1. The molecule has 0 radical (unpaired) electrons. The van der Waals surface area contributed by atoms with Crippen molar-refractivity contribution in [2.24, 2.45) is 0 Å². The van der Waals surface area contributed by atoms with Crippen molar-refractivity contribution < 1.29 is 9.78 Å². The summed E-state index contributed by atoms with van der Waals surface area (Å²) in [6.45, 7) is 7.89. The molecule has 0 atom stereocenters. The van der Waals surface area contributed by atoms with Crippen molar-refractivity contribution in [3.05, 3.63) is 50.4 Å². The second kappa shape index (κ2) is 6.43. The second-order valence-electron chi connectivity index (χ2n) is 6.49. The van der Waals surface area contributed by atoms with Gasteiger partial charge in [-0.2, -0.15) is 5.26 Å². The van der Waals surface area contributed by atoms with Crippen LogP contribution in [0.2, 0.25) is 0 Å². The molecule has 1 aromatic carbocycles. The Morgan fingerprint density at radius 2 is 1.85 bits per heavy atom. The number of nitriles is 1. The molecule has 3 rings (SSSR count). The van der Waals surface area contributed by atoms with Gasteiger partial charge < -0.3 is 5.73 Å². The zero-order valence-electron chi connectivity index (χ0n) is 15.3. The number of thiophene rings is 1. The predicted octanol–water partition coefficient (Wildman–Crippen LogP) is 3.47. The van der Waals surface area contributed by atoms with Crippen LogP contribution in [-0.4, -0.2) is 5.78 Å². The molecule has 0 aliphatic rings. The maximum absolute atomic E-state index is 13.2. The molecular formula is C20H21N4OS+. The molecule has 0 fully saturated rings. The Morgan fingerprint density at radius 3 is 2.46 bits per heavy atom. The fraction of sp³-hybridized carbons (Fsp3) is 0.250. The van der Waals surface area contributed by atoms with E-state index in [1.54, 1.807) is 0 Å². The van der Waals surface area contributed by atoms with Crippen molar-refractivity contribution in [2.45, 2.75) is 34.1 Å². The average Bonchev–Trinajstić information content (AvgIpc) is 2.92. The first-order chi connectivity index (χ1) is 12.3. The number of anilines is 2. The molecule has 0 amide bonds. The van der Waals surface area contributed by atoms with E-state index in [-0.39, 0.29) is 5.78 Å². The summed E-state index contributed by atoms with van der Waals surface area (Å²) < 4.78 is 0. The molecule has 26 heavy (non-hydrogen) atoms. The van der Waals surface area contributed by atoms with Gasteiger partial charge in [0.05, 0.1) is 11.1 Å². The van der Waals surface area contributed by atoms with Crippen LogP contribution in [0.1, 0.15) is 50.0 Å². The van der Waals surface area contributed by atoms with Gasteiger partial charge in [0.2, 0.25) is 5.78 Å². The first kappa shape index (κ1) is 17.9. The average molecular weight is 365 g/mol. The Hall–Kier alpha value is -2.91. The third-order valence-corrected chi connectivity index (χ3v) is 5.94. The van der Waals surface area contributed by atoms with Crippen LogP contribution in [0.4, 0.5) is 11.5 Å². The minimum Gasteiger partial charge on any atom is -0.397 e. The number of aryl methyl sites for hydroxylation is 4. The van der Waals surface area contributed by atoms with Gasteiger partial charge in [0.1, 0.15) is 16.5 Å². The van der Waals surface area contributed by atoms with Gasteiger partial charge in [-0.3, -0.25) is 10.5 Å². The molecule has 0 unspecified atom stereocenters. The number of nitrogens with two attached hydrogens (primary N) is 2. The minimum atomic E-state index is -0.100. The lowest BCUT2D eigenvalue weighted by Crippen LogP contribution is -2.14. The van der Waals surface area contributed by atoms with E-state index in [1.807, 2.05) is 39.8 Å². The summed E-state index contributed by atoms with van der Waals surface area (Å²) in [7, 11) is 0. The number of fused-ring (bicyclic) bond motifs is 1. The Balaban J connectivity index is 2.28. The number of carbonyl (C=O) groups excluding carboxylic acids is 1. The molecule has 6 heteroatoms. The number of hydrogen-bond donors (Lipinski definition) is 2. The van der Waals surface area contributed by atoms with Gasteiger partial charge in [0, 0.05) is 5.56 Å². The summed E-state index contributed by atoms with van der Waals surface area (Å²) in [5.74, 6) is 0.205. The molecule has 0 saturated heterocycles. The van der Waals surface area contributed by atoms with Crippen LogP contribution in [-0.2, 0) is 6.42 Å². The smallest absolute Gasteiger partial charge is 0.289 e. The third-order valence-electron chi connectivity index (χ3n) is 4.82. The van der Waals surface area contributed by atoms with E-state index in [1.165, 1.54) is 11.3 Å². The van der Waals surface area contributed by atoms with Crippen molar-refractivity contribution in [3.63, 3.8) is 0 Å². The molecule has 5 nitrogen and oxygen atoms in total. The molecule has 5 N–H and O–H groups in total. The fourth-order valence-electron chi connectivity index (χ4n) is 3.28. The highest BCUT2D eigenvalue weighted by Crippen LogP contribution is 2.37. The molecule has 2 heterocycles. The minimum absolute atomic E-state index is 0.100. The summed E-state index contributed by atoms with van der Waals surface area (Å²) in [6.07, 6.45) is 0.607. The zero-order chi connectivity index (χ0) is 19.2. The Bertz CT molecular complexity index is 1110. The number of nitrogens with one attached hydrogen (secondary N) is 1. The lowest BCUT2D eigenvalue weighted by Gasteiger charge is -2.08. The maximum atomic E-state index is 13.2. The van der Waals surface area contributed by atoms with Crippen molar-refractivity contribution in [1.82, 2.24) is 0 Å². The van der Waals surface area contributed by atoms with Gasteiger partial charge in [0.25, 0.3) is 5.82 Å². The number of aromatic amines is 1. The molecule has 132 valence electrons. The number of nitrogens with zero attached hydrogens (tertiary/aromatic N) is 1. The normalized spacial score (nSPS) is 10.9. The van der Waals surface area contributed by atoms with Gasteiger partial charge in [-0.15, -0.1) is 0 Å². The number of hydrogen-bond acceptors (Lipinski definition) is 5. The van der Waals surface area contributed by atoms with E-state index in [0.29, 0.717) is 33.9 Å². The van der Waals surface area contributed by atoms with E-state index in [4.69, 9.17) is 11.5 Å². The van der Waals surface area contributed by atoms with E-state index in [9.17, 15) is 10.1 Å². The number of rotatable bonds is 3. The van der Waals surface area contributed by atoms with Gasteiger partial charge in [-0.1, -0.05) is 24.3 Å². The molecule has 2 aromatic heterocycles. The Kier molecular flexibility index (Phi) is 4.43. The summed E-state index contributed by atoms with van der Waals surface area (Å²) in [5, 5.41) is 10.1. The molecule has 0 bridgehead atoms. The predicted molar refractivity (Wildman–Crippen MR) is 105 cm³/mol. The monoisotopic (exact) mass is 365 g/mol. The van der Waals surface area contributed by atoms with Crippen molar-refractivity contribution in [1.29, 1.82) is 5.26 Å². The van der Waals surface area contributed by atoms with E-state index < -0.39 is 0 Å². The number of aromatic nitrogens is 1. The molecule has 0 spiro atoms. The number of pyridine rings is 1. The van der Waals surface area contributed by atoms with Crippen molar-refractivity contribution >= 4 is 38.8 Å². The van der Waals surface area contributed by atoms with Crippen molar-refractivity contribution in [3.8, 4) is 6.07 Å². The van der Waals surface area contributed by atoms with Crippen LogP contribution < -0.4 is 16.5 Å². The van der Waals surface area contributed by atoms with Crippen molar-refractivity contribution in [2.75, 3.05) is 11.5 Å². The first-order valence-electron chi connectivity index (χ1n) is 8.38. The largest absolute Gasteiger partial charge is 0.397 e. The summed E-state index contributed by atoms with van der Waals surface area (Å²) in [5.41, 5.74) is 17.7. The molecule has 0 aliphatic heterocycles. The number of benzene rings is 1. The quantitative estimate of drug-likeness (QED) is 0.693. The van der Waals surface area contributed by atoms with Crippen LogP contribution in [0.25, 0.3) is 10.2 Å². The van der Waals surface area contributed by atoms with Gasteiger partial charge in [-0.25, -0.2) is 4.98 Å². The first-order valence-corrected chi connectivity index (χ1v) is 9.20. The highest BCUT2D eigenvalue weighted by Gasteiger charge is 2.26. The van der Waals surface area contributed by atoms with Gasteiger partial charge in [0.15, 0.2) is 4.83 Å². The molecule has 0 aliphatic carbocycles. The summed E-state index contributed by atoms with van der Waals surface area (Å²) >= 11 is 1.29. The van der Waals surface area contributed by atoms with E-state index >= 15 is 0 Å². The summed E-state index contributed by atoms with van der Waals surface area (Å²) in [6, 6.07) is 6.06. The zero-order valence-corrected chi connectivity index (χ0v) is 16.1.